The molecule has 1 aromatic carbocycles. The quantitative estimate of drug-likeness (QED) is 0.845. The van der Waals surface area contributed by atoms with Crippen LogP contribution in [0.2, 0.25) is 10.0 Å². The van der Waals surface area contributed by atoms with Crippen molar-refractivity contribution in [2.24, 2.45) is 5.92 Å². The van der Waals surface area contributed by atoms with Crippen LogP contribution in [-0.2, 0) is 0 Å². The SMILES string of the molecule is Cc1nc(Nc2c(Cl)cccc2Cl)cc(C(=O)NCC(C)C)n1. The van der Waals surface area contributed by atoms with E-state index in [1.165, 1.54) is 0 Å². The van der Waals surface area contributed by atoms with Crippen LogP contribution in [0.3, 0.4) is 0 Å². The Kier molecular flexibility index (Phi) is 5.80. The number of nitrogens with zero attached hydrogens (tertiary/aromatic N) is 2. The fourth-order valence-corrected chi connectivity index (χ4v) is 2.37. The van der Waals surface area contributed by atoms with Gasteiger partial charge in [0, 0.05) is 12.6 Å². The average molecular weight is 353 g/mol. The number of para-hydroxylation sites is 1. The molecule has 122 valence electrons. The molecule has 2 rings (SSSR count). The molecular weight excluding hydrogens is 335 g/mol. The zero-order chi connectivity index (χ0) is 17.0. The fraction of sp³-hybridized carbons (Fsp3) is 0.312. The van der Waals surface area contributed by atoms with Crippen molar-refractivity contribution in [1.29, 1.82) is 0 Å². The number of carbonyl (C=O) groups excluding carboxylic acids is 1. The first-order valence-electron chi connectivity index (χ1n) is 7.21. The van der Waals surface area contributed by atoms with Gasteiger partial charge in [0.05, 0.1) is 15.7 Å². The van der Waals surface area contributed by atoms with Crippen LogP contribution in [-0.4, -0.2) is 22.4 Å². The predicted molar refractivity (Wildman–Crippen MR) is 93.7 cm³/mol. The Morgan fingerprint density at radius 1 is 1.22 bits per heavy atom. The number of amides is 1. The van der Waals surface area contributed by atoms with Crippen molar-refractivity contribution >= 4 is 40.6 Å². The molecule has 2 N–H and O–H groups in total. The Hall–Kier alpha value is -1.85. The number of nitrogens with one attached hydrogen (secondary N) is 2. The largest absolute Gasteiger partial charge is 0.350 e. The van der Waals surface area contributed by atoms with Crippen LogP contribution < -0.4 is 10.6 Å². The molecule has 0 saturated heterocycles. The molecule has 0 aliphatic rings. The van der Waals surface area contributed by atoms with E-state index in [1.807, 2.05) is 13.8 Å². The van der Waals surface area contributed by atoms with Crippen LogP contribution in [0.5, 0.6) is 0 Å². The van der Waals surface area contributed by atoms with Crippen molar-refractivity contribution < 1.29 is 4.79 Å². The van der Waals surface area contributed by atoms with Crippen molar-refractivity contribution in [1.82, 2.24) is 15.3 Å². The normalized spacial score (nSPS) is 10.7. The van der Waals surface area contributed by atoms with Gasteiger partial charge in [0.1, 0.15) is 17.3 Å². The number of aryl methyl sites for hydroxylation is 1. The lowest BCUT2D eigenvalue weighted by molar-refractivity contribution is 0.0943. The minimum atomic E-state index is -0.238. The van der Waals surface area contributed by atoms with Crippen LogP contribution in [0, 0.1) is 12.8 Å². The summed E-state index contributed by atoms with van der Waals surface area (Å²) in [6.07, 6.45) is 0. The van der Waals surface area contributed by atoms with Gasteiger partial charge in [0.25, 0.3) is 5.91 Å². The zero-order valence-corrected chi connectivity index (χ0v) is 14.7. The first-order valence-corrected chi connectivity index (χ1v) is 7.97. The molecule has 1 amide bonds. The summed E-state index contributed by atoms with van der Waals surface area (Å²) in [5, 5.41) is 6.82. The summed E-state index contributed by atoms with van der Waals surface area (Å²) < 4.78 is 0. The highest BCUT2D eigenvalue weighted by atomic mass is 35.5. The van der Waals surface area contributed by atoms with E-state index in [0.29, 0.717) is 45.5 Å². The predicted octanol–water partition coefficient (Wildman–Crippen LogP) is 4.22. The van der Waals surface area contributed by atoms with Gasteiger partial charge in [-0.05, 0) is 25.0 Å². The molecule has 0 unspecified atom stereocenters. The fourth-order valence-electron chi connectivity index (χ4n) is 1.88. The van der Waals surface area contributed by atoms with Crippen LogP contribution in [0.4, 0.5) is 11.5 Å². The lowest BCUT2D eigenvalue weighted by Gasteiger charge is -2.12. The number of halogens is 2. The third-order valence-corrected chi connectivity index (χ3v) is 3.59. The van der Waals surface area contributed by atoms with Gasteiger partial charge in [-0.25, -0.2) is 9.97 Å². The Balaban J connectivity index is 2.25. The summed E-state index contributed by atoms with van der Waals surface area (Å²) in [6, 6.07) is 6.77. The molecule has 0 saturated carbocycles. The first-order chi connectivity index (χ1) is 10.9. The number of hydrogen-bond donors (Lipinski definition) is 2. The molecule has 0 bridgehead atoms. The molecule has 0 aliphatic carbocycles. The third kappa shape index (κ3) is 4.81. The van der Waals surface area contributed by atoms with Crippen LogP contribution in [0.25, 0.3) is 0 Å². The van der Waals surface area contributed by atoms with Crippen molar-refractivity contribution in [3.8, 4) is 0 Å². The number of carbonyl (C=O) groups is 1. The summed E-state index contributed by atoms with van der Waals surface area (Å²) in [7, 11) is 0. The number of benzene rings is 1. The Bertz CT molecular complexity index is 699. The summed E-state index contributed by atoms with van der Waals surface area (Å²) >= 11 is 12.3. The minimum Gasteiger partial charge on any atom is -0.350 e. The molecule has 23 heavy (non-hydrogen) atoms. The molecule has 0 aliphatic heterocycles. The average Bonchev–Trinajstić information content (AvgIpc) is 2.48. The maximum absolute atomic E-state index is 12.2. The van der Waals surface area contributed by atoms with Crippen molar-refractivity contribution in [3.05, 3.63) is 45.8 Å². The highest BCUT2D eigenvalue weighted by Crippen LogP contribution is 2.32. The maximum atomic E-state index is 12.2. The smallest absolute Gasteiger partial charge is 0.270 e. The minimum absolute atomic E-state index is 0.238. The number of rotatable bonds is 5. The number of hydrogen-bond acceptors (Lipinski definition) is 4. The van der Waals surface area contributed by atoms with Gasteiger partial charge in [-0.15, -0.1) is 0 Å². The molecule has 1 heterocycles. The number of anilines is 2. The summed E-state index contributed by atoms with van der Waals surface area (Å²) in [5.41, 5.74) is 0.839. The van der Waals surface area contributed by atoms with E-state index in [0.717, 1.165) is 0 Å². The van der Waals surface area contributed by atoms with Crippen molar-refractivity contribution in [3.63, 3.8) is 0 Å². The van der Waals surface area contributed by atoms with E-state index in [9.17, 15) is 4.79 Å². The van der Waals surface area contributed by atoms with Gasteiger partial charge in [0.2, 0.25) is 0 Å². The maximum Gasteiger partial charge on any atom is 0.270 e. The van der Waals surface area contributed by atoms with Gasteiger partial charge in [-0.1, -0.05) is 43.1 Å². The second-order valence-corrected chi connectivity index (χ2v) is 6.33. The highest BCUT2D eigenvalue weighted by molar-refractivity contribution is 6.39. The van der Waals surface area contributed by atoms with Crippen LogP contribution in [0.15, 0.2) is 24.3 Å². The molecule has 0 fully saturated rings. The second-order valence-electron chi connectivity index (χ2n) is 5.51. The summed E-state index contributed by atoms with van der Waals surface area (Å²) in [5.74, 6) is 1.06. The molecule has 0 spiro atoms. The van der Waals surface area contributed by atoms with E-state index in [4.69, 9.17) is 23.2 Å². The van der Waals surface area contributed by atoms with E-state index in [2.05, 4.69) is 20.6 Å². The molecule has 5 nitrogen and oxygen atoms in total. The topological polar surface area (TPSA) is 66.9 Å². The first kappa shape index (κ1) is 17.5. The van der Waals surface area contributed by atoms with Gasteiger partial charge in [-0.2, -0.15) is 0 Å². The lowest BCUT2D eigenvalue weighted by Crippen LogP contribution is -2.28. The molecule has 7 heteroatoms. The van der Waals surface area contributed by atoms with E-state index in [-0.39, 0.29) is 5.91 Å². The summed E-state index contributed by atoms with van der Waals surface area (Å²) in [4.78, 5) is 20.6. The Morgan fingerprint density at radius 3 is 2.48 bits per heavy atom. The van der Waals surface area contributed by atoms with E-state index in [1.54, 1.807) is 31.2 Å². The Morgan fingerprint density at radius 2 is 1.87 bits per heavy atom. The molecule has 2 aromatic rings. The van der Waals surface area contributed by atoms with Crippen LogP contribution >= 0.6 is 23.2 Å². The Labute approximate surface area is 145 Å². The standard InChI is InChI=1S/C16H18Cl2N4O/c1-9(2)8-19-16(23)13-7-14(21-10(3)20-13)22-15-11(17)5-4-6-12(15)18/h4-7,9H,8H2,1-3H3,(H,19,23)(H,20,21,22). The van der Waals surface area contributed by atoms with Gasteiger partial charge < -0.3 is 10.6 Å². The van der Waals surface area contributed by atoms with Crippen molar-refractivity contribution in [2.75, 3.05) is 11.9 Å². The molecule has 0 atom stereocenters. The zero-order valence-electron chi connectivity index (χ0n) is 13.2. The van der Waals surface area contributed by atoms with Gasteiger partial charge in [0.15, 0.2) is 0 Å². The highest BCUT2D eigenvalue weighted by Gasteiger charge is 2.12. The second kappa shape index (κ2) is 7.62. The van der Waals surface area contributed by atoms with Gasteiger partial charge in [-0.3, -0.25) is 4.79 Å². The molecule has 1 aromatic heterocycles. The molecular formula is C16H18Cl2N4O. The van der Waals surface area contributed by atoms with Gasteiger partial charge >= 0.3 is 0 Å². The molecule has 0 radical (unpaired) electrons. The number of aromatic nitrogens is 2. The van der Waals surface area contributed by atoms with E-state index < -0.39 is 0 Å². The third-order valence-electron chi connectivity index (χ3n) is 2.96. The van der Waals surface area contributed by atoms with E-state index >= 15 is 0 Å². The lowest BCUT2D eigenvalue weighted by atomic mass is 10.2. The monoisotopic (exact) mass is 352 g/mol. The summed E-state index contributed by atoms with van der Waals surface area (Å²) in [6.45, 7) is 6.36. The van der Waals surface area contributed by atoms with Crippen molar-refractivity contribution in [2.45, 2.75) is 20.8 Å². The van der Waals surface area contributed by atoms with Crippen LogP contribution in [0.1, 0.15) is 30.2 Å².